The molecule has 0 aliphatic heterocycles. The molecular formula is C21H14BrClF2N4O3. The van der Waals surface area contributed by atoms with Gasteiger partial charge in [0.05, 0.1) is 10.2 Å². The van der Waals surface area contributed by atoms with Gasteiger partial charge in [-0.3, -0.25) is 14.5 Å². The molecule has 1 aliphatic carbocycles. The SMILES string of the molecule is NC(=O)C1(C(=O)N(c2ccc(F)cc2)c2ccc(Oc3nc(Cl)ncc3Br)c(F)c2)CC1. The van der Waals surface area contributed by atoms with Gasteiger partial charge in [0.1, 0.15) is 11.2 Å². The van der Waals surface area contributed by atoms with Crippen molar-refractivity contribution < 1.29 is 23.1 Å². The van der Waals surface area contributed by atoms with Crippen molar-refractivity contribution in [2.24, 2.45) is 11.1 Å². The third-order valence-corrected chi connectivity index (χ3v) is 5.71. The Labute approximate surface area is 194 Å². The van der Waals surface area contributed by atoms with Crippen molar-refractivity contribution in [3.05, 3.63) is 70.1 Å². The van der Waals surface area contributed by atoms with E-state index in [9.17, 15) is 18.4 Å². The van der Waals surface area contributed by atoms with Crippen molar-refractivity contribution in [1.82, 2.24) is 9.97 Å². The summed E-state index contributed by atoms with van der Waals surface area (Å²) in [5.41, 5.74) is 4.44. The summed E-state index contributed by atoms with van der Waals surface area (Å²) in [7, 11) is 0. The number of amides is 2. The highest BCUT2D eigenvalue weighted by Crippen LogP contribution is 2.49. The number of hydrogen-bond acceptors (Lipinski definition) is 5. The van der Waals surface area contributed by atoms with Gasteiger partial charge in [-0.25, -0.2) is 13.8 Å². The van der Waals surface area contributed by atoms with Gasteiger partial charge >= 0.3 is 0 Å². The fraction of sp³-hybridized carbons (Fsp3) is 0.143. The van der Waals surface area contributed by atoms with E-state index in [1.54, 1.807) is 0 Å². The molecule has 0 saturated heterocycles. The van der Waals surface area contributed by atoms with Gasteiger partial charge in [-0.05, 0) is 76.8 Å². The van der Waals surface area contributed by atoms with Crippen LogP contribution in [0.4, 0.5) is 20.2 Å². The zero-order valence-corrected chi connectivity index (χ0v) is 18.5. The monoisotopic (exact) mass is 522 g/mol. The Morgan fingerprint density at radius 3 is 2.38 bits per heavy atom. The van der Waals surface area contributed by atoms with Crippen molar-refractivity contribution in [2.45, 2.75) is 12.8 Å². The number of rotatable bonds is 6. The first-order valence-electron chi connectivity index (χ1n) is 9.27. The normalized spacial score (nSPS) is 14.0. The maximum atomic E-state index is 14.9. The number of anilines is 2. The molecule has 2 amide bonds. The molecule has 0 bridgehead atoms. The van der Waals surface area contributed by atoms with Crippen LogP contribution in [0.25, 0.3) is 0 Å². The summed E-state index contributed by atoms with van der Waals surface area (Å²) in [6, 6.07) is 8.80. The zero-order valence-electron chi connectivity index (χ0n) is 16.2. The molecule has 1 heterocycles. The van der Waals surface area contributed by atoms with Gasteiger partial charge in [0, 0.05) is 18.0 Å². The molecule has 2 aromatic carbocycles. The number of nitrogens with zero attached hydrogens (tertiary/aromatic N) is 3. The minimum absolute atomic E-state index is 0.00576. The molecule has 3 aromatic rings. The van der Waals surface area contributed by atoms with Crippen LogP contribution in [0.1, 0.15) is 12.8 Å². The number of aromatic nitrogens is 2. The van der Waals surface area contributed by atoms with Crippen LogP contribution in [0.5, 0.6) is 11.6 Å². The van der Waals surface area contributed by atoms with Crippen molar-refractivity contribution in [3.63, 3.8) is 0 Å². The van der Waals surface area contributed by atoms with Gasteiger partial charge in [0.15, 0.2) is 11.6 Å². The van der Waals surface area contributed by atoms with Crippen LogP contribution in [0.3, 0.4) is 0 Å². The van der Waals surface area contributed by atoms with Crippen LogP contribution >= 0.6 is 27.5 Å². The van der Waals surface area contributed by atoms with E-state index in [2.05, 4.69) is 25.9 Å². The van der Waals surface area contributed by atoms with Crippen LogP contribution in [0.2, 0.25) is 5.28 Å². The largest absolute Gasteiger partial charge is 0.435 e. The fourth-order valence-electron chi connectivity index (χ4n) is 3.10. The topological polar surface area (TPSA) is 98.4 Å². The van der Waals surface area contributed by atoms with Crippen molar-refractivity contribution in [2.75, 3.05) is 4.90 Å². The van der Waals surface area contributed by atoms with Gasteiger partial charge < -0.3 is 10.5 Å². The molecule has 4 rings (SSSR count). The lowest BCUT2D eigenvalue weighted by molar-refractivity contribution is -0.133. The van der Waals surface area contributed by atoms with E-state index >= 15 is 0 Å². The lowest BCUT2D eigenvalue weighted by Crippen LogP contribution is -2.41. The molecule has 2 N–H and O–H groups in total. The summed E-state index contributed by atoms with van der Waals surface area (Å²) >= 11 is 8.94. The first-order valence-corrected chi connectivity index (χ1v) is 10.4. The molecule has 1 aromatic heterocycles. The van der Waals surface area contributed by atoms with E-state index in [0.29, 0.717) is 4.47 Å². The Hall–Kier alpha value is -3.11. The standard InChI is InChI=1S/C21H14BrClF2N4O3/c22-14-10-27-20(23)28-17(14)32-16-6-5-13(9-15(16)25)29(12-3-1-11(24)2-4-12)19(31)21(7-8-21)18(26)30/h1-6,9-10H,7-8H2,(H2,26,30). The van der Waals surface area contributed by atoms with E-state index in [-0.39, 0.29) is 41.1 Å². The fourth-order valence-corrected chi connectivity index (χ4v) is 3.49. The van der Waals surface area contributed by atoms with E-state index in [4.69, 9.17) is 22.1 Å². The summed E-state index contributed by atoms with van der Waals surface area (Å²) in [5.74, 6) is -2.90. The Kier molecular flexibility index (Phi) is 5.83. The number of primary amides is 1. The predicted octanol–water partition coefficient (Wildman–Crippen LogP) is 4.89. The predicted molar refractivity (Wildman–Crippen MR) is 116 cm³/mol. The Morgan fingerprint density at radius 2 is 1.78 bits per heavy atom. The summed E-state index contributed by atoms with van der Waals surface area (Å²) < 4.78 is 34.2. The molecule has 0 spiro atoms. The van der Waals surface area contributed by atoms with Crippen molar-refractivity contribution in [3.8, 4) is 11.6 Å². The summed E-state index contributed by atoms with van der Waals surface area (Å²) in [6.45, 7) is 0. The minimum atomic E-state index is -1.37. The molecule has 1 aliphatic rings. The van der Waals surface area contributed by atoms with Crippen molar-refractivity contribution >= 4 is 50.7 Å². The third-order valence-electron chi connectivity index (χ3n) is 4.98. The van der Waals surface area contributed by atoms with Gasteiger partial charge in [-0.2, -0.15) is 4.98 Å². The summed E-state index contributed by atoms with van der Waals surface area (Å²) in [4.78, 5) is 34.0. The average molecular weight is 524 g/mol. The quantitative estimate of drug-likeness (QED) is 0.366. The number of nitrogens with two attached hydrogens (primary N) is 1. The Morgan fingerprint density at radius 1 is 1.12 bits per heavy atom. The molecule has 0 radical (unpaired) electrons. The van der Waals surface area contributed by atoms with Crippen LogP contribution in [0, 0.1) is 17.0 Å². The van der Waals surface area contributed by atoms with Crippen LogP contribution in [-0.4, -0.2) is 21.8 Å². The Balaban J connectivity index is 1.72. The second-order valence-electron chi connectivity index (χ2n) is 7.07. The second kappa shape index (κ2) is 8.44. The number of ether oxygens (including phenoxy) is 1. The van der Waals surface area contributed by atoms with E-state index in [1.807, 2.05) is 0 Å². The van der Waals surface area contributed by atoms with Crippen LogP contribution in [0.15, 0.2) is 53.1 Å². The molecule has 1 saturated carbocycles. The Bertz CT molecular complexity index is 1220. The van der Waals surface area contributed by atoms with Gasteiger partial charge in [-0.15, -0.1) is 0 Å². The second-order valence-corrected chi connectivity index (χ2v) is 8.26. The first kappa shape index (κ1) is 22.1. The van der Waals surface area contributed by atoms with E-state index < -0.39 is 28.9 Å². The lowest BCUT2D eigenvalue weighted by atomic mass is 10.0. The number of hydrogen-bond donors (Lipinski definition) is 1. The number of halogens is 4. The number of benzene rings is 2. The number of carbonyl (C=O) groups is 2. The summed E-state index contributed by atoms with van der Waals surface area (Å²) in [6.07, 6.45) is 1.92. The van der Waals surface area contributed by atoms with E-state index in [0.717, 1.165) is 23.1 Å². The number of carbonyl (C=O) groups excluding carboxylic acids is 2. The smallest absolute Gasteiger partial charge is 0.247 e. The van der Waals surface area contributed by atoms with Crippen LogP contribution < -0.4 is 15.4 Å². The highest BCUT2D eigenvalue weighted by atomic mass is 79.9. The zero-order chi connectivity index (χ0) is 23.0. The summed E-state index contributed by atoms with van der Waals surface area (Å²) in [5, 5.41) is -0.0884. The molecular weight excluding hydrogens is 510 g/mol. The van der Waals surface area contributed by atoms with E-state index in [1.165, 1.54) is 30.5 Å². The van der Waals surface area contributed by atoms with Crippen LogP contribution in [-0.2, 0) is 9.59 Å². The highest BCUT2D eigenvalue weighted by molar-refractivity contribution is 9.10. The highest BCUT2D eigenvalue weighted by Gasteiger charge is 2.57. The molecule has 0 unspecified atom stereocenters. The average Bonchev–Trinajstić information content (AvgIpc) is 3.56. The first-order chi connectivity index (χ1) is 15.2. The molecule has 164 valence electrons. The maximum Gasteiger partial charge on any atom is 0.247 e. The lowest BCUT2D eigenvalue weighted by Gasteiger charge is -2.26. The molecule has 7 nitrogen and oxygen atoms in total. The molecule has 11 heteroatoms. The molecule has 0 atom stereocenters. The maximum absolute atomic E-state index is 14.9. The third kappa shape index (κ3) is 4.15. The van der Waals surface area contributed by atoms with Gasteiger partial charge in [-0.1, -0.05) is 0 Å². The minimum Gasteiger partial charge on any atom is -0.435 e. The van der Waals surface area contributed by atoms with Gasteiger partial charge in [0.25, 0.3) is 0 Å². The molecule has 32 heavy (non-hydrogen) atoms. The van der Waals surface area contributed by atoms with Gasteiger partial charge in [0.2, 0.25) is 23.0 Å². The van der Waals surface area contributed by atoms with Crippen molar-refractivity contribution in [1.29, 1.82) is 0 Å². The molecule has 1 fully saturated rings.